The molecule has 0 saturated carbocycles. The average molecular weight is 273 g/mol. The van der Waals surface area contributed by atoms with Gasteiger partial charge in [-0.3, -0.25) is 9.59 Å². The molecule has 0 unspecified atom stereocenters. The van der Waals surface area contributed by atoms with Crippen LogP contribution in [0.15, 0.2) is 11.0 Å². The van der Waals surface area contributed by atoms with Gasteiger partial charge in [-0.2, -0.15) is 5.10 Å². The smallest absolute Gasteiger partial charge is 0.327 e. The van der Waals surface area contributed by atoms with Gasteiger partial charge >= 0.3 is 5.97 Å². The lowest BCUT2D eigenvalue weighted by atomic mass is 10.2. The molecule has 0 aliphatic carbocycles. The van der Waals surface area contributed by atoms with E-state index in [0.717, 1.165) is 17.8 Å². The Kier molecular flexibility index (Phi) is 3.83. The molecule has 1 aliphatic rings. The van der Waals surface area contributed by atoms with E-state index < -0.39 is 11.5 Å². The number of hydrogen-bond donors (Lipinski definition) is 2. The van der Waals surface area contributed by atoms with E-state index >= 15 is 0 Å². The first kappa shape index (κ1) is 12.8. The Hall–Kier alpha value is -1.60. The number of ether oxygens (including phenoxy) is 1. The van der Waals surface area contributed by atoms with E-state index in [4.69, 9.17) is 11.6 Å². The van der Waals surface area contributed by atoms with Crippen molar-refractivity contribution in [2.24, 2.45) is 0 Å². The molecular formula is C10H13ClN4O3. The standard InChI is InChI=1S/C10H13ClN4O3/c1-18-8(16)5-15-10(17)9(11)7(4-13-15)14-6-2-12-3-6/h4,6,12,14H,2-3,5H2,1H3. The first-order valence-electron chi connectivity index (χ1n) is 5.41. The number of nitrogens with one attached hydrogen (secondary N) is 2. The van der Waals surface area contributed by atoms with Gasteiger partial charge in [0.1, 0.15) is 11.6 Å². The lowest BCUT2D eigenvalue weighted by Crippen LogP contribution is -2.51. The molecule has 98 valence electrons. The third-order valence-electron chi connectivity index (χ3n) is 2.63. The van der Waals surface area contributed by atoms with Crippen LogP contribution in [0.5, 0.6) is 0 Å². The highest BCUT2D eigenvalue weighted by atomic mass is 35.5. The van der Waals surface area contributed by atoms with Crippen molar-refractivity contribution >= 4 is 23.3 Å². The minimum absolute atomic E-state index is 0.0285. The molecule has 0 spiro atoms. The number of halogens is 1. The highest BCUT2D eigenvalue weighted by Gasteiger charge is 2.19. The molecule has 1 aliphatic heterocycles. The summed E-state index contributed by atoms with van der Waals surface area (Å²) in [6.07, 6.45) is 1.44. The summed E-state index contributed by atoms with van der Waals surface area (Å²) >= 11 is 5.94. The SMILES string of the molecule is COC(=O)Cn1ncc(NC2CNC2)c(Cl)c1=O. The van der Waals surface area contributed by atoms with Gasteiger partial charge in [0.2, 0.25) is 0 Å². The molecule has 0 bridgehead atoms. The summed E-state index contributed by atoms with van der Waals surface area (Å²) in [5.74, 6) is -0.551. The van der Waals surface area contributed by atoms with Crippen LogP contribution >= 0.6 is 11.6 Å². The van der Waals surface area contributed by atoms with Gasteiger partial charge < -0.3 is 15.4 Å². The van der Waals surface area contributed by atoms with Crippen LogP contribution in [-0.2, 0) is 16.1 Å². The molecule has 0 aromatic carbocycles. The summed E-state index contributed by atoms with van der Waals surface area (Å²) in [6.45, 7) is 1.39. The fraction of sp³-hybridized carbons (Fsp3) is 0.500. The van der Waals surface area contributed by atoms with Crippen LogP contribution in [0.25, 0.3) is 0 Å². The molecule has 1 aromatic rings. The van der Waals surface area contributed by atoms with Crippen LogP contribution in [0.3, 0.4) is 0 Å². The Morgan fingerprint density at radius 3 is 3.00 bits per heavy atom. The van der Waals surface area contributed by atoms with Crippen molar-refractivity contribution in [1.29, 1.82) is 0 Å². The molecule has 0 atom stereocenters. The van der Waals surface area contributed by atoms with E-state index in [1.807, 2.05) is 0 Å². The molecule has 2 N–H and O–H groups in total. The van der Waals surface area contributed by atoms with Gasteiger partial charge in [0.15, 0.2) is 0 Å². The van der Waals surface area contributed by atoms with Crippen LogP contribution < -0.4 is 16.2 Å². The normalized spacial score (nSPS) is 15.0. The fourth-order valence-electron chi connectivity index (χ4n) is 1.48. The third kappa shape index (κ3) is 2.62. The first-order valence-corrected chi connectivity index (χ1v) is 5.79. The summed E-state index contributed by atoms with van der Waals surface area (Å²) in [6, 6.07) is 0.250. The third-order valence-corrected chi connectivity index (χ3v) is 3.00. The Bertz CT molecular complexity index is 512. The Morgan fingerprint density at radius 1 is 1.72 bits per heavy atom. The zero-order chi connectivity index (χ0) is 13.1. The number of carbonyl (C=O) groups excluding carboxylic acids is 1. The number of nitrogens with zero attached hydrogens (tertiary/aromatic N) is 2. The summed E-state index contributed by atoms with van der Waals surface area (Å²) < 4.78 is 5.44. The average Bonchev–Trinajstić information content (AvgIpc) is 2.31. The lowest BCUT2D eigenvalue weighted by Gasteiger charge is -2.29. The van der Waals surface area contributed by atoms with Gasteiger partial charge in [-0.15, -0.1) is 0 Å². The van der Waals surface area contributed by atoms with E-state index in [1.165, 1.54) is 13.3 Å². The Labute approximate surface area is 108 Å². The summed E-state index contributed by atoms with van der Waals surface area (Å²) in [5.41, 5.74) is -0.0337. The number of anilines is 1. The largest absolute Gasteiger partial charge is 0.468 e. The van der Waals surface area contributed by atoms with E-state index in [9.17, 15) is 9.59 Å². The molecule has 18 heavy (non-hydrogen) atoms. The fourth-order valence-corrected chi connectivity index (χ4v) is 1.68. The minimum Gasteiger partial charge on any atom is -0.468 e. The molecule has 0 amide bonds. The van der Waals surface area contributed by atoms with Crippen molar-refractivity contribution in [1.82, 2.24) is 15.1 Å². The lowest BCUT2D eigenvalue weighted by molar-refractivity contribution is -0.141. The highest BCUT2D eigenvalue weighted by molar-refractivity contribution is 6.32. The van der Waals surface area contributed by atoms with Gasteiger partial charge in [-0.1, -0.05) is 11.6 Å². The maximum Gasteiger partial charge on any atom is 0.327 e. The van der Waals surface area contributed by atoms with E-state index in [0.29, 0.717) is 5.69 Å². The van der Waals surface area contributed by atoms with E-state index in [2.05, 4.69) is 20.5 Å². The maximum atomic E-state index is 11.8. The maximum absolute atomic E-state index is 11.8. The van der Waals surface area contributed by atoms with Gasteiger partial charge in [0.05, 0.1) is 25.0 Å². The number of aromatic nitrogens is 2. The van der Waals surface area contributed by atoms with Crippen molar-refractivity contribution in [3.05, 3.63) is 21.6 Å². The number of hydrogen-bond acceptors (Lipinski definition) is 6. The van der Waals surface area contributed by atoms with Crippen LogP contribution in [-0.4, -0.2) is 42.0 Å². The number of esters is 1. The van der Waals surface area contributed by atoms with Crippen LogP contribution in [0, 0.1) is 0 Å². The first-order chi connectivity index (χ1) is 8.61. The molecular weight excluding hydrogens is 260 g/mol. The van der Waals surface area contributed by atoms with Crippen LogP contribution in [0.2, 0.25) is 5.02 Å². The van der Waals surface area contributed by atoms with Crippen molar-refractivity contribution in [3.63, 3.8) is 0 Å². The zero-order valence-electron chi connectivity index (χ0n) is 9.77. The van der Waals surface area contributed by atoms with Gasteiger partial charge in [-0.05, 0) is 0 Å². The Balaban J connectivity index is 2.17. The monoisotopic (exact) mass is 272 g/mol. The second-order valence-corrected chi connectivity index (χ2v) is 4.29. The zero-order valence-corrected chi connectivity index (χ0v) is 10.5. The molecule has 1 fully saturated rings. The quantitative estimate of drug-likeness (QED) is 0.716. The summed E-state index contributed by atoms with van der Waals surface area (Å²) in [4.78, 5) is 22.9. The predicted molar refractivity (Wildman–Crippen MR) is 65.8 cm³/mol. The number of rotatable bonds is 4. The number of carbonyl (C=O) groups is 1. The van der Waals surface area contributed by atoms with Gasteiger partial charge in [-0.25, -0.2) is 4.68 Å². The summed E-state index contributed by atoms with van der Waals surface area (Å²) in [5, 5.41) is 10.1. The second-order valence-electron chi connectivity index (χ2n) is 3.91. The predicted octanol–water partition coefficient (Wildman–Crippen LogP) is -0.547. The van der Waals surface area contributed by atoms with Crippen LogP contribution in [0.4, 0.5) is 5.69 Å². The minimum atomic E-state index is -0.551. The van der Waals surface area contributed by atoms with E-state index in [-0.39, 0.29) is 17.6 Å². The molecule has 0 radical (unpaired) electrons. The summed E-state index contributed by atoms with van der Waals surface area (Å²) in [7, 11) is 1.24. The molecule has 2 rings (SSSR count). The molecule has 1 aromatic heterocycles. The Morgan fingerprint density at radius 2 is 2.44 bits per heavy atom. The molecule has 1 saturated heterocycles. The highest BCUT2D eigenvalue weighted by Crippen LogP contribution is 2.17. The molecule has 7 nitrogen and oxygen atoms in total. The van der Waals surface area contributed by atoms with Crippen molar-refractivity contribution in [2.45, 2.75) is 12.6 Å². The molecule has 8 heteroatoms. The van der Waals surface area contributed by atoms with Crippen LogP contribution in [0.1, 0.15) is 0 Å². The number of methoxy groups -OCH3 is 1. The van der Waals surface area contributed by atoms with Crippen molar-refractivity contribution in [2.75, 3.05) is 25.5 Å². The van der Waals surface area contributed by atoms with Crippen molar-refractivity contribution < 1.29 is 9.53 Å². The topological polar surface area (TPSA) is 85.2 Å². The van der Waals surface area contributed by atoms with Crippen molar-refractivity contribution in [3.8, 4) is 0 Å². The molecule has 2 heterocycles. The van der Waals surface area contributed by atoms with Gasteiger partial charge in [0, 0.05) is 13.1 Å². The second kappa shape index (κ2) is 5.36. The van der Waals surface area contributed by atoms with E-state index in [1.54, 1.807) is 0 Å². The van der Waals surface area contributed by atoms with Gasteiger partial charge in [0.25, 0.3) is 5.56 Å².